The van der Waals surface area contributed by atoms with Crippen LogP contribution in [0.5, 0.6) is 11.5 Å². The van der Waals surface area contributed by atoms with Crippen molar-refractivity contribution in [3.8, 4) is 11.5 Å². The molecule has 4 rings (SSSR count). The lowest BCUT2D eigenvalue weighted by Crippen LogP contribution is -2.50. The Hall–Kier alpha value is -3.37. The first-order valence-corrected chi connectivity index (χ1v) is 12.8. The topological polar surface area (TPSA) is 94.0 Å². The Kier molecular flexibility index (Phi) is 7.13. The number of aromatic nitrogens is 2. The summed E-state index contributed by atoms with van der Waals surface area (Å²) in [6.45, 7) is 4.93. The molecule has 0 atom stereocenters. The lowest BCUT2D eigenvalue weighted by Gasteiger charge is -2.34. The number of ether oxygens (including phenoxy) is 2. The van der Waals surface area contributed by atoms with Gasteiger partial charge in [0, 0.05) is 26.2 Å². The molecule has 35 heavy (non-hydrogen) atoms. The first-order chi connectivity index (χ1) is 16.8. The molecule has 1 saturated heterocycles. The van der Waals surface area contributed by atoms with Gasteiger partial charge in [-0.15, -0.1) is 0 Å². The van der Waals surface area contributed by atoms with Crippen LogP contribution in [0.2, 0.25) is 0 Å². The van der Waals surface area contributed by atoms with Crippen LogP contribution >= 0.6 is 0 Å². The van der Waals surface area contributed by atoms with Crippen molar-refractivity contribution < 1.29 is 22.7 Å². The third kappa shape index (κ3) is 4.76. The summed E-state index contributed by atoms with van der Waals surface area (Å²) in [5.41, 5.74) is 2.50. The number of benzene rings is 2. The Morgan fingerprint density at radius 2 is 1.63 bits per heavy atom. The van der Waals surface area contributed by atoms with Crippen molar-refractivity contribution in [3.63, 3.8) is 0 Å². The maximum absolute atomic E-state index is 13.6. The molecule has 9 nitrogen and oxygen atoms in total. The normalized spacial score (nSPS) is 14.7. The number of rotatable bonds is 7. The van der Waals surface area contributed by atoms with E-state index in [0.29, 0.717) is 35.0 Å². The van der Waals surface area contributed by atoms with E-state index in [1.54, 1.807) is 41.6 Å². The summed E-state index contributed by atoms with van der Waals surface area (Å²) in [6, 6.07) is 14.9. The number of carbonyl (C=O) groups excluding carboxylic acids is 1. The van der Waals surface area contributed by atoms with Gasteiger partial charge in [0.1, 0.15) is 4.90 Å². The average Bonchev–Trinajstić information content (AvgIpc) is 3.16. The average molecular weight is 499 g/mol. The molecule has 1 amide bonds. The Bertz CT molecular complexity index is 1310. The lowest BCUT2D eigenvalue weighted by molar-refractivity contribution is 0.0693. The molecule has 10 heteroatoms. The molecule has 0 saturated carbocycles. The summed E-state index contributed by atoms with van der Waals surface area (Å²) in [5.74, 6) is 0.617. The SMILES string of the molecule is COc1cccc(C(=O)N2CCN(S(=O)(=O)c3c(C)nn(Cc4ccccc4)c3C)CC2)c1OC. The molecule has 1 aromatic heterocycles. The molecule has 0 N–H and O–H groups in total. The Morgan fingerprint density at radius 3 is 2.26 bits per heavy atom. The van der Waals surface area contributed by atoms with Crippen molar-refractivity contribution in [1.29, 1.82) is 0 Å². The Balaban J connectivity index is 1.50. The highest BCUT2D eigenvalue weighted by molar-refractivity contribution is 7.89. The first-order valence-electron chi connectivity index (χ1n) is 11.4. The molecule has 0 radical (unpaired) electrons. The van der Waals surface area contributed by atoms with Gasteiger partial charge in [-0.25, -0.2) is 8.42 Å². The van der Waals surface area contributed by atoms with Gasteiger partial charge < -0.3 is 14.4 Å². The van der Waals surface area contributed by atoms with E-state index in [0.717, 1.165) is 5.56 Å². The van der Waals surface area contributed by atoms with Gasteiger partial charge in [-0.2, -0.15) is 9.40 Å². The second kappa shape index (κ2) is 10.1. The largest absolute Gasteiger partial charge is 0.493 e. The van der Waals surface area contributed by atoms with E-state index in [-0.39, 0.29) is 37.0 Å². The summed E-state index contributed by atoms with van der Waals surface area (Å²) >= 11 is 0. The van der Waals surface area contributed by atoms with Crippen LogP contribution in [0.1, 0.15) is 27.3 Å². The highest BCUT2D eigenvalue weighted by Gasteiger charge is 2.35. The molecule has 0 aliphatic carbocycles. The molecule has 186 valence electrons. The zero-order valence-electron chi connectivity index (χ0n) is 20.4. The number of piperazine rings is 1. The molecule has 0 spiro atoms. The van der Waals surface area contributed by atoms with Crippen molar-refractivity contribution in [2.75, 3.05) is 40.4 Å². The summed E-state index contributed by atoms with van der Waals surface area (Å²) in [6.07, 6.45) is 0. The van der Waals surface area contributed by atoms with Crippen LogP contribution < -0.4 is 9.47 Å². The molecule has 1 aliphatic heterocycles. The van der Waals surface area contributed by atoms with E-state index in [4.69, 9.17) is 9.47 Å². The van der Waals surface area contributed by atoms with Gasteiger partial charge in [0.25, 0.3) is 5.91 Å². The summed E-state index contributed by atoms with van der Waals surface area (Å²) in [7, 11) is -0.761. The van der Waals surface area contributed by atoms with E-state index in [9.17, 15) is 13.2 Å². The Morgan fingerprint density at radius 1 is 0.943 bits per heavy atom. The second-order valence-electron chi connectivity index (χ2n) is 8.38. The van der Waals surface area contributed by atoms with Crippen molar-refractivity contribution in [2.24, 2.45) is 0 Å². The van der Waals surface area contributed by atoms with E-state index >= 15 is 0 Å². The molecule has 2 aromatic carbocycles. The fourth-order valence-electron chi connectivity index (χ4n) is 4.45. The zero-order valence-corrected chi connectivity index (χ0v) is 21.2. The van der Waals surface area contributed by atoms with Crippen molar-refractivity contribution in [1.82, 2.24) is 19.0 Å². The van der Waals surface area contributed by atoms with Gasteiger partial charge in [-0.05, 0) is 31.5 Å². The zero-order chi connectivity index (χ0) is 25.2. The van der Waals surface area contributed by atoms with E-state index in [1.807, 2.05) is 30.3 Å². The molecule has 3 aromatic rings. The second-order valence-corrected chi connectivity index (χ2v) is 10.3. The van der Waals surface area contributed by atoms with Gasteiger partial charge in [0.15, 0.2) is 11.5 Å². The van der Waals surface area contributed by atoms with Gasteiger partial charge in [-0.1, -0.05) is 36.4 Å². The number of hydrogen-bond donors (Lipinski definition) is 0. The van der Waals surface area contributed by atoms with E-state index in [1.165, 1.54) is 18.5 Å². The van der Waals surface area contributed by atoms with Gasteiger partial charge in [0.05, 0.1) is 37.7 Å². The summed E-state index contributed by atoms with van der Waals surface area (Å²) in [4.78, 5) is 15.0. The Labute approximate surface area is 205 Å². The van der Waals surface area contributed by atoms with Crippen LogP contribution in [0.3, 0.4) is 0 Å². The van der Waals surface area contributed by atoms with Gasteiger partial charge >= 0.3 is 0 Å². The van der Waals surface area contributed by atoms with Crippen molar-refractivity contribution >= 4 is 15.9 Å². The lowest BCUT2D eigenvalue weighted by atomic mass is 10.1. The van der Waals surface area contributed by atoms with E-state index < -0.39 is 10.0 Å². The number of hydrogen-bond acceptors (Lipinski definition) is 6. The van der Waals surface area contributed by atoms with Crippen molar-refractivity contribution in [3.05, 3.63) is 71.0 Å². The number of carbonyl (C=O) groups is 1. The predicted octanol–water partition coefficient (Wildman–Crippen LogP) is 2.71. The molecule has 0 bridgehead atoms. The molecule has 0 unspecified atom stereocenters. The van der Waals surface area contributed by atoms with Gasteiger partial charge in [-0.3, -0.25) is 9.48 Å². The number of nitrogens with zero attached hydrogens (tertiary/aromatic N) is 4. The number of aryl methyl sites for hydroxylation is 1. The first kappa shape index (κ1) is 24.7. The van der Waals surface area contributed by atoms with Crippen LogP contribution in [-0.2, 0) is 16.6 Å². The fraction of sp³-hybridized carbons (Fsp3) is 0.360. The number of methoxy groups -OCH3 is 2. The number of para-hydroxylation sites is 1. The summed E-state index contributed by atoms with van der Waals surface area (Å²) < 4.78 is 41.0. The van der Waals surface area contributed by atoms with Crippen LogP contribution in [0, 0.1) is 13.8 Å². The molecule has 1 aliphatic rings. The maximum Gasteiger partial charge on any atom is 0.257 e. The number of sulfonamides is 1. The predicted molar refractivity (Wildman–Crippen MR) is 131 cm³/mol. The monoisotopic (exact) mass is 498 g/mol. The fourth-order valence-corrected chi connectivity index (χ4v) is 6.25. The van der Waals surface area contributed by atoms with Crippen LogP contribution in [0.4, 0.5) is 0 Å². The highest BCUT2D eigenvalue weighted by Crippen LogP contribution is 2.32. The summed E-state index contributed by atoms with van der Waals surface area (Å²) in [5, 5.41) is 4.51. The molecule has 2 heterocycles. The molecular formula is C25H30N4O5S. The quantitative estimate of drug-likeness (QED) is 0.497. The number of amides is 1. The highest BCUT2D eigenvalue weighted by atomic mass is 32.2. The van der Waals surface area contributed by atoms with Crippen LogP contribution in [-0.4, -0.2) is 73.7 Å². The van der Waals surface area contributed by atoms with E-state index in [2.05, 4.69) is 5.10 Å². The van der Waals surface area contributed by atoms with Crippen LogP contribution in [0.15, 0.2) is 53.4 Å². The third-order valence-corrected chi connectivity index (χ3v) is 8.40. The third-order valence-electron chi connectivity index (χ3n) is 6.25. The van der Waals surface area contributed by atoms with Crippen LogP contribution in [0.25, 0.3) is 0 Å². The molecule has 1 fully saturated rings. The standard InChI is InChI=1S/C25H30N4O5S/c1-18-24(19(2)29(26-18)17-20-9-6-5-7-10-20)35(31,32)28-15-13-27(14-16-28)25(30)21-11-8-12-22(33-3)23(21)34-4/h5-12H,13-17H2,1-4H3. The maximum atomic E-state index is 13.6. The smallest absolute Gasteiger partial charge is 0.257 e. The minimum absolute atomic E-state index is 0.198. The molecular weight excluding hydrogens is 468 g/mol. The minimum atomic E-state index is -3.76. The van der Waals surface area contributed by atoms with Crippen molar-refractivity contribution in [2.45, 2.75) is 25.3 Å². The minimum Gasteiger partial charge on any atom is -0.493 e. The van der Waals surface area contributed by atoms with Gasteiger partial charge in [0.2, 0.25) is 10.0 Å².